The Morgan fingerprint density at radius 1 is 1.35 bits per heavy atom. The van der Waals surface area contributed by atoms with E-state index in [0.717, 1.165) is 22.2 Å². The minimum atomic E-state index is -0.466. The summed E-state index contributed by atoms with van der Waals surface area (Å²) >= 11 is 1.10. The van der Waals surface area contributed by atoms with E-state index < -0.39 is 5.97 Å². The number of esters is 1. The van der Waals surface area contributed by atoms with Crippen LogP contribution >= 0.6 is 11.3 Å². The second kappa shape index (κ2) is 7.53. The number of aromatic nitrogens is 2. The number of rotatable bonds is 6. The summed E-state index contributed by atoms with van der Waals surface area (Å²) in [5, 5.41) is 4.22. The number of carbonyl (C=O) groups excluding carboxylic acids is 2. The lowest BCUT2D eigenvalue weighted by Gasteiger charge is -2.05. The number of carbonyl (C=O) groups is 2. The first-order valence-corrected chi connectivity index (χ1v) is 8.90. The number of fused-ring (bicyclic) bond motifs is 1. The van der Waals surface area contributed by atoms with Gasteiger partial charge < -0.3 is 14.6 Å². The van der Waals surface area contributed by atoms with Crippen molar-refractivity contribution in [2.45, 2.75) is 20.4 Å². The molecule has 1 aromatic carbocycles. The van der Waals surface area contributed by atoms with Gasteiger partial charge in [0.25, 0.3) is 0 Å². The van der Waals surface area contributed by atoms with E-state index in [1.165, 1.54) is 11.6 Å². The minimum Gasteiger partial charge on any atom is -0.457 e. The van der Waals surface area contributed by atoms with Crippen molar-refractivity contribution < 1.29 is 14.3 Å². The molecule has 3 rings (SSSR count). The van der Waals surface area contributed by atoms with Gasteiger partial charge in [-0.1, -0.05) is 35.6 Å². The molecule has 0 aliphatic rings. The topological polar surface area (TPSA) is 73.2 Å². The van der Waals surface area contributed by atoms with Gasteiger partial charge >= 0.3 is 5.97 Å². The van der Waals surface area contributed by atoms with Gasteiger partial charge in [0.05, 0.1) is 5.69 Å². The number of anilines is 1. The molecule has 3 aromatic rings. The molecule has 0 saturated heterocycles. The summed E-state index contributed by atoms with van der Waals surface area (Å²) in [6, 6.07) is 8.08. The van der Waals surface area contributed by atoms with Crippen LogP contribution in [0.5, 0.6) is 0 Å². The van der Waals surface area contributed by atoms with E-state index in [4.69, 9.17) is 4.74 Å². The largest absolute Gasteiger partial charge is 0.457 e. The van der Waals surface area contributed by atoms with E-state index in [1.54, 1.807) is 6.92 Å². The first-order chi connectivity index (χ1) is 12.5. The molecule has 1 amide bonds. The van der Waals surface area contributed by atoms with E-state index in [1.807, 2.05) is 35.9 Å². The molecule has 0 fully saturated rings. The van der Waals surface area contributed by atoms with Gasteiger partial charge in [0.2, 0.25) is 5.91 Å². The molecule has 0 unspecified atom stereocenters. The normalized spacial score (nSPS) is 10.7. The quantitative estimate of drug-likeness (QED) is 0.531. The highest BCUT2D eigenvalue weighted by atomic mass is 32.1. The van der Waals surface area contributed by atoms with E-state index in [2.05, 4.69) is 22.9 Å². The zero-order valence-electron chi connectivity index (χ0n) is 14.6. The number of amides is 1. The van der Waals surface area contributed by atoms with Crippen molar-refractivity contribution in [3.8, 4) is 0 Å². The second-order valence-corrected chi connectivity index (χ2v) is 6.87. The van der Waals surface area contributed by atoms with Crippen LogP contribution in [0.3, 0.4) is 0 Å². The number of ether oxygens (including phenoxy) is 1. The van der Waals surface area contributed by atoms with Crippen LogP contribution in [0.25, 0.3) is 10.9 Å². The molecular formula is C19H19N3O3S. The van der Waals surface area contributed by atoms with Crippen LogP contribution in [0, 0.1) is 13.8 Å². The van der Waals surface area contributed by atoms with Crippen LogP contribution in [0.1, 0.15) is 20.9 Å². The Morgan fingerprint density at radius 2 is 2.15 bits per heavy atom. The highest BCUT2D eigenvalue weighted by Crippen LogP contribution is 2.24. The number of nitrogens with one attached hydrogen (secondary N) is 1. The number of hydrogen-bond donors (Lipinski definition) is 1. The molecule has 0 spiro atoms. The Kier molecular flexibility index (Phi) is 5.18. The number of nitrogens with zero attached hydrogens (tertiary/aromatic N) is 2. The Hall–Kier alpha value is -2.93. The van der Waals surface area contributed by atoms with Gasteiger partial charge in [0, 0.05) is 11.7 Å². The maximum absolute atomic E-state index is 12.4. The van der Waals surface area contributed by atoms with Crippen molar-refractivity contribution in [2.24, 2.45) is 0 Å². The predicted octanol–water partition coefficient (Wildman–Crippen LogP) is 3.70. The van der Waals surface area contributed by atoms with E-state index in [0.29, 0.717) is 15.7 Å². The fraction of sp³-hybridized carbons (Fsp3) is 0.211. The van der Waals surface area contributed by atoms with Crippen molar-refractivity contribution in [3.63, 3.8) is 0 Å². The summed E-state index contributed by atoms with van der Waals surface area (Å²) in [6.45, 7) is 7.55. The van der Waals surface area contributed by atoms with E-state index in [-0.39, 0.29) is 19.1 Å². The van der Waals surface area contributed by atoms with Crippen LogP contribution in [0.15, 0.2) is 43.1 Å². The summed E-state index contributed by atoms with van der Waals surface area (Å²) in [7, 11) is 0. The van der Waals surface area contributed by atoms with Crippen molar-refractivity contribution in [2.75, 3.05) is 11.9 Å². The first-order valence-electron chi connectivity index (χ1n) is 8.08. The zero-order valence-corrected chi connectivity index (χ0v) is 15.4. The third kappa shape index (κ3) is 3.83. The molecule has 7 heteroatoms. The van der Waals surface area contributed by atoms with Crippen LogP contribution in [-0.4, -0.2) is 28.0 Å². The third-order valence-corrected chi connectivity index (χ3v) is 4.85. The third-order valence-electron chi connectivity index (χ3n) is 3.80. The summed E-state index contributed by atoms with van der Waals surface area (Å²) in [6.07, 6.45) is 3.38. The summed E-state index contributed by atoms with van der Waals surface area (Å²) in [5.41, 5.74) is 2.70. The van der Waals surface area contributed by atoms with Gasteiger partial charge in [0.15, 0.2) is 5.13 Å². The molecule has 0 atom stereocenters. The van der Waals surface area contributed by atoms with Crippen LogP contribution in [0.4, 0.5) is 5.13 Å². The number of hydrogen-bond acceptors (Lipinski definition) is 5. The second-order valence-electron chi connectivity index (χ2n) is 5.87. The van der Waals surface area contributed by atoms with E-state index in [9.17, 15) is 9.59 Å². The van der Waals surface area contributed by atoms with Gasteiger partial charge in [-0.25, -0.2) is 9.78 Å². The van der Waals surface area contributed by atoms with Gasteiger partial charge in [-0.05, 0) is 37.4 Å². The highest BCUT2D eigenvalue weighted by Gasteiger charge is 2.18. The Bertz CT molecular complexity index is 987. The van der Waals surface area contributed by atoms with Crippen molar-refractivity contribution >= 4 is 39.2 Å². The van der Waals surface area contributed by atoms with E-state index >= 15 is 0 Å². The lowest BCUT2D eigenvalue weighted by Crippen LogP contribution is -2.18. The number of benzene rings is 1. The molecule has 0 radical (unpaired) electrons. The summed E-state index contributed by atoms with van der Waals surface area (Å²) in [4.78, 5) is 28.9. The minimum absolute atomic E-state index is 0.137. The summed E-state index contributed by atoms with van der Waals surface area (Å²) < 4.78 is 6.89. The standard InChI is InChI=1S/C19H19N3O3S/c1-4-9-25-18(24)17-13(3)20-19(26-17)21-16(23)11-22-8-7-14-10-12(2)5-6-15(14)22/h4-8,10H,1,9,11H2,2-3H3,(H,20,21,23). The van der Waals surface area contributed by atoms with Crippen molar-refractivity contribution in [1.82, 2.24) is 9.55 Å². The van der Waals surface area contributed by atoms with Crippen molar-refractivity contribution in [3.05, 3.63) is 59.3 Å². The monoisotopic (exact) mass is 369 g/mol. The lowest BCUT2D eigenvalue weighted by atomic mass is 10.2. The molecule has 0 bridgehead atoms. The van der Waals surface area contributed by atoms with Crippen LogP contribution in [-0.2, 0) is 16.1 Å². The average Bonchev–Trinajstić information content (AvgIpc) is 3.15. The molecule has 1 N–H and O–H groups in total. The maximum Gasteiger partial charge on any atom is 0.350 e. The maximum atomic E-state index is 12.4. The van der Waals surface area contributed by atoms with Gasteiger partial charge in [-0.2, -0.15) is 0 Å². The molecule has 0 aliphatic carbocycles. The predicted molar refractivity (Wildman–Crippen MR) is 103 cm³/mol. The Morgan fingerprint density at radius 3 is 2.92 bits per heavy atom. The molecule has 6 nitrogen and oxygen atoms in total. The van der Waals surface area contributed by atoms with Gasteiger partial charge in [-0.3, -0.25) is 4.79 Å². The zero-order chi connectivity index (χ0) is 18.7. The van der Waals surface area contributed by atoms with Crippen molar-refractivity contribution in [1.29, 1.82) is 0 Å². The van der Waals surface area contributed by atoms with Gasteiger partial charge in [0.1, 0.15) is 18.0 Å². The fourth-order valence-corrected chi connectivity index (χ4v) is 3.49. The van der Waals surface area contributed by atoms with Crippen LogP contribution in [0.2, 0.25) is 0 Å². The number of thiazole rings is 1. The Balaban J connectivity index is 1.70. The molecule has 26 heavy (non-hydrogen) atoms. The van der Waals surface area contributed by atoms with Gasteiger partial charge in [-0.15, -0.1) is 0 Å². The molecule has 0 saturated carbocycles. The fourth-order valence-electron chi connectivity index (χ4n) is 2.61. The smallest absolute Gasteiger partial charge is 0.350 e. The molecular weight excluding hydrogens is 350 g/mol. The average molecular weight is 369 g/mol. The summed E-state index contributed by atoms with van der Waals surface area (Å²) in [5.74, 6) is -0.671. The SMILES string of the molecule is C=CCOC(=O)c1sc(NC(=O)Cn2ccc3cc(C)ccc32)nc1C. The number of aryl methyl sites for hydroxylation is 2. The molecule has 2 heterocycles. The first kappa shape index (κ1) is 17.9. The Labute approximate surface area is 155 Å². The molecule has 2 aromatic heterocycles. The molecule has 134 valence electrons. The van der Waals surface area contributed by atoms with Crippen LogP contribution < -0.4 is 5.32 Å². The highest BCUT2D eigenvalue weighted by molar-refractivity contribution is 7.17. The molecule has 0 aliphatic heterocycles. The lowest BCUT2D eigenvalue weighted by molar-refractivity contribution is -0.116.